The summed E-state index contributed by atoms with van der Waals surface area (Å²) in [5.74, 6) is 2.27. The van der Waals surface area contributed by atoms with Crippen LogP contribution in [0.1, 0.15) is 39.0 Å². The molecule has 1 unspecified atom stereocenters. The number of hydrogen-bond donors (Lipinski definition) is 1. The minimum absolute atomic E-state index is 0.749. The van der Waals surface area contributed by atoms with Crippen molar-refractivity contribution in [2.24, 2.45) is 0 Å². The second-order valence-corrected chi connectivity index (χ2v) is 3.08. The van der Waals surface area contributed by atoms with E-state index >= 15 is 0 Å². The Bertz CT molecular complexity index is 216. The van der Waals surface area contributed by atoms with Gasteiger partial charge in [-0.1, -0.05) is 38.7 Å². The molecule has 0 amide bonds. The van der Waals surface area contributed by atoms with E-state index in [1.54, 1.807) is 0 Å². The van der Waals surface area contributed by atoms with Gasteiger partial charge in [0.15, 0.2) is 0 Å². The van der Waals surface area contributed by atoms with Gasteiger partial charge in [-0.3, -0.25) is 0 Å². The van der Waals surface area contributed by atoms with E-state index in [-0.39, 0.29) is 0 Å². The van der Waals surface area contributed by atoms with Crippen LogP contribution < -0.4 is 0 Å². The number of aliphatic hydroxyl groups excluding tert-OH is 1. The molecule has 0 spiro atoms. The standard InChI is InChI=1S/C12H18O/c1-4-7-8-9-10-11(5-2)12(13)6-3/h3,12-13H,2,4,7-10H2,1H3. The summed E-state index contributed by atoms with van der Waals surface area (Å²) in [6.07, 6.45) is 9.80. The van der Waals surface area contributed by atoms with Gasteiger partial charge in [0.2, 0.25) is 0 Å². The van der Waals surface area contributed by atoms with Gasteiger partial charge in [-0.05, 0) is 12.8 Å². The molecule has 0 bridgehead atoms. The summed E-state index contributed by atoms with van der Waals surface area (Å²) < 4.78 is 0. The van der Waals surface area contributed by atoms with Crippen molar-refractivity contribution in [3.8, 4) is 12.3 Å². The maximum atomic E-state index is 9.30. The number of terminal acetylenes is 1. The number of aliphatic hydroxyl groups is 1. The SMILES string of the molecule is C#CC(O)C(=C=C)CCCCCC. The fraction of sp³-hybridized carbons (Fsp3) is 0.583. The minimum atomic E-state index is -0.792. The second-order valence-electron chi connectivity index (χ2n) is 3.08. The van der Waals surface area contributed by atoms with Crippen LogP contribution in [0.15, 0.2) is 17.9 Å². The van der Waals surface area contributed by atoms with Crippen molar-refractivity contribution in [3.63, 3.8) is 0 Å². The van der Waals surface area contributed by atoms with Crippen molar-refractivity contribution < 1.29 is 5.11 Å². The molecule has 0 saturated heterocycles. The summed E-state index contributed by atoms with van der Waals surface area (Å²) in [6, 6.07) is 0. The van der Waals surface area contributed by atoms with Crippen LogP contribution >= 0.6 is 0 Å². The molecule has 0 rings (SSSR count). The first-order valence-corrected chi connectivity index (χ1v) is 4.79. The van der Waals surface area contributed by atoms with Crippen LogP contribution in [-0.4, -0.2) is 11.2 Å². The van der Waals surface area contributed by atoms with Crippen LogP contribution in [0.25, 0.3) is 0 Å². The minimum Gasteiger partial charge on any atom is -0.376 e. The van der Waals surface area contributed by atoms with Crippen LogP contribution in [0.3, 0.4) is 0 Å². The van der Waals surface area contributed by atoms with Crippen molar-refractivity contribution >= 4 is 0 Å². The summed E-state index contributed by atoms with van der Waals surface area (Å²) >= 11 is 0. The summed E-state index contributed by atoms with van der Waals surface area (Å²) in [6.45, 7) is 5.68. The van der Waals surface area contributed by atoms with Gasteiger partial charge in [0.05, 0.1) is 0 Å². The number of rotatable bonds is 6. The molecule has 1 nitrogen and oxygen atoms in total. The van der Waals surface area contributed by atoms with Crippen LogP contribution in [0, 0.1) is 12.3 Å². The zero-order valence-electron chi connectivity index (χ0n) is 8.34. The molecule has 0 aliphatic carbocycles. The summed E-state index contributed by atoms with van der Waals surface area (Å²) in [5, 5.41) is 9.30. The summed E-state index contributed by atoms with van der Waals surface area (Å²) in [5.41, 5.74) is 3.45. The summed E-state index contributed by atoms with van der Waals surface area (Å²) in [4.78, 5) is 0. The molecule has 1 heteroatoms. The molecular formula is C12H18O. The third-order valence-corrected chi connectivity index (χ3v) is 2.01. The monoisotopic (exact) mass is 178 g/mol. The smallest absolute Gasteiger partial charge is 0.143 e. The maximum Gasteiger partial charge on any atom is 0.143 e. The Labute approximate surface area is 81.2 Å². The maximum absolute atomic E-state index is 9.30. The van der Waals surface area contributed by atoms with Gasteiger partial charge < -0.3 is 5.11 Å². The lowest BCUT2D eigenvalue weighted by molar-refractivity contribution is 0.263. The highest BCUT2D eigenvalue weighted by Crippen LogP contribution is 2.11. The zero-order chi connectivity index (χ0) is 10.1. The predicted octanol–water partition coefficient (Wildman–Crippen LogP) is 2.66. The van der Waals surface area contributed by atoms with Crippen LogP contribution in [0.5, 0.6) is 0 Å². The van der Waals surface area contributed by atoms with Crippen molar-refractivity contribution in [2.75, 3.05) is 0 Å². The zero-order valence-corrected chi connectivity index (χ0v) is 8.34. The Morgan fingerprint density at radius 3 is 2.62 bits per heavy atom. The summed E-state index contributed by atoms with van der Waals surface area (Å²) in [7, 11) is 0. The van der Waals surface area contributed by atoms with Crippen molar-refractivity contribution in [1.82, 2.24) is 0 Å². The quantitative estimate of drug-likeness (QED) is 0.376. The second kappa shape index (κ2) is 7.68. The molecule has 0 saturated carbocycles. The van der Waals surface area contributed by atoms with Gasteiger partial charge in [0.1, 0.15) is 6.10 Å². The third kappa shape index (κ3) is 5.31. The van der Waals surface area contributed by atoms with Gasteiger partial charge in [0.25, 0.3) is 0 Å². The fourth-order valence-electron chi connectivity index (χ4n) is 1.16. The molecule has 0 aliphatic heterocycles. The van der Waals surface area contributed by atoms with E-state index in [4.69, 9.17) is 6.42 Å². The normalized spacial score (nSPS) is 11.5. The van der Waals surface area contributed by atoms with Crippen LogP contribution in [0.4, 0.5) is 0 Å². The Hall–Kier alpha value is -0.960. The third-order valence-electron chi connectivity index (χ3n) is 2.01. The van der Waals surface area contributed by atoms with Gasteiger partial charge in [0, 0.05) is 5.57 Å². The first-order chi connectivity index (χ1) is 6.26. The van der Waals surface area contributed by atoms with Crippen molar-refractivity contribution in [1.29, 1.82) is 0 Å². The highest BCUT2D eigenvalue weighted by Gasteiger charge is 2.05. The van der Waals surface area contributed by atoms with Crippen LogP contribution in [0.2, 0.25) is 0 Å². The van der Waals surface area contributed by atoms with Crippen LogP contribution in [-0.2, 0) is 0 Å². The molecule has 0 radical (unpaired) electrons. The van der Waals surface area contributed by atoms with Gasteiger partial charge in [-0.25, -0.2) is 0 Å². The molecule has 1 N–H and O–H groups in total. The molecule has 0 aliphatic rings. The van der Waals surface area contributed by atoms with E-state index in [0.717, 1.165) is 18.4 Å². The molecule has 72 valence electrons. The average Bonchev–Trinajstić information content (AvgIpc) is 2.17. The molecule has 0 fully saturated rings. The van der Waals surface area contributed by atoms with E-state index in [9.17, 15) is 5.11 Å². The van der Waals surface area contributed by atoms with E-state index in [1.807, 2.05) is 0 Å². The predicted molar refractivity (Wildman–Crippen MR) is 56.3 cm³/mol. The Kier molecular flexibility index (Phi) is 7.11. The Morgan fingerprint density at radius 1 is 1.46 bits per heavy atom. The average molecular weight is 178 g/mol. The first-order valence-electron chi connectivity index (χ1n) is 4.79. The highest BCUT2D eigenvalue weighted by atomic mass is 16.3. The molecule has 0 aromatic heterocycles. The lowest BCUT2D eigenvalue weighted by Gasteiger charge is -2.06. The first kappa shape index (κ1) is 12.0. The topological polar surface area (TPSA) is 20.2 Å². The number of unbranched alkanes of at least 4 members (excludes halogenated alkanes) is 3. The Balaban J connectivity index is 3.76. The van der Waals surface area contributed by atoms with E-state index in [1.165, 1.54) is 19.3 Å². The molecule has 13 heavy (non-hydrogen) atoms. The molecular weight excluding hydrogens is 160 g/mol. The van der Waals surface area contributed by atoms with Gasteiger partial charge >= 0.3 is 0 Å². The molecule has 0 heterocycles. The fourth-order valence-corrected chi connectivity index (χ4v) is 1.16. The lowest BCUT2D eigenvalue weighted by atomic mass is 10.0. The molecule has 0 aromatic carbocycles. The Morgan fingerprint density at radius 2 is 2.15 bits per heavy atom. The van der Waals surface area contributed by atoms with Crippen molar-refractivity contribution in [3.05, 3.63) is 17.9 Å². The lowest BCUT2D eigenvalue weighted by Crippen LogP contribution is -2.06. The largest absolute Gasteiger partial charge is 0.376 e. The molecule has 0 aromatic rings. The molecule has 1 atom stereocenters. The number of hydrogen-bond acceptors (Lipinski definition) is 1. The van der Waals surface area contributed by atoms with E-state index in [0.29, 0.717) is 0 Å². The highest BCUT2D eigenvalue weighted by molar-refractivity contribution is 5.17. The van der Waals surface area contributed by atoms with E-state index in [2.05, 4.69) is 25.2 Å². The van der Waals surface area contributed by atoms with Crippen molar-refractivity contribution in [2.45, 2.75) is 45.1 Å². The van der Waals surface area contributed by atoms with E-state index < -0.39 is 6.10 Å². The van der Waals surface area contributed by atoms with Gasteiger partial charge in [-0.15, -0.1) is 12.2 Å². The van der Waals surface area contributed by atoms with Gasteiger partial charge in [-0.2, -0.15) is 0 Å².